The van der Waals surface area contributed by atoms with Crippen molar-refractivity contribution in [2.75, 3.05) is 18.4 Å². The summed E-state index contributed by atoms with van der Waals surface area (Å²) in [5.74, 6) is -0.390. The highest BCUT2D eigenvalue weighted by Crippen LogP contribution is 2.31. The SMILES string of the molecule is CC(C)(C)c1ccc(O)c(NC(=O)C2CCCN(C(=O)c3cccs3)C2)c1. The number of hydrogen-bond donors (Lipinski definition) is 2. The molecule has 144 valence electrons. The second-order valence-electron chi connectivity index (χ2n) is 8.04. The number of piperidine rings is 1. The van der Waals surface area contributed by atoms with Gasteiger partial charge in [0.1, 0.15) is 5.75 Å². The lowest BCUT2D eigenvalue weighted by atomic mass is 9.86. The van der Waals surface area contributed by atoms with Crippen LogP contribution in [0.5, 0.6) is 5.75 Å². The Labute approximate surface area is 164 Å². The van der Waals surface area contributed by atoms with E-state index in [0.29, 0.717) is 23.7 Å². The molecule has 0 aliphatic carbocycles. The number of rotatable bonds is 3. The number of carbonyl (C=O) groups excluding carboxylic acids is 2. The number of phenolic OH excluding ortho intramolecular Hbond substituents is 1. The molecule has 2 heterocycles. The molecule has 5 nitrogen and oxygen atoms in total. The van der Waals surface area contributed by atoms with Gasteiger partial charge in [0.25, 0.3) is 5.91 Å². The lowest BCUT2D eigenvalue weighted by Crippen LogP contribution is -2.43. The topological polar surface area (TPSA) is 69.6 Å². The molecular weight excluding hydrogens is 360 g/mol. The fourth-order valence-electron chi connectivity index (χ4n) is 3.27. The zero-order valence-electron chi connectivity index (χ0n) is 16.0. The van der Waals surface area contributed by atoms with E-state index in [-0.39, 0.29) is 28.9 Å². The molecule has 27 heavy (non-hydrogen) atoms. The summed E-state index contributed by atoms with van der Waals surface area (Å²) in [4.78, 5) is 27.8. The van der Waals surface area contributed by atoms with Gasteiger partial charge in [0.15, 0.2) is 0 Å². The molecule has 1 fully saturated rings. The number of aromatic hydroxyl groups is 1. The summed E-state index contributed by atoms with van der Waals surface area (Å²) in [6.07, 6.45) is 1.53. The van der Waals surface area contributed by atoms with E-state index in [0.717, 1.165) is 18.4 Å². The molecule has 1 atom stereocenters. The molecular formula is C21H26N2O3S. The summed E-state index contributed by atoms with van der Waals surface area (Å²) in [6.45, 7) is 7.33. The Hall–Kier alpha value is -2.34. The van der Waals surface area contributed by atoms with Crippen molar-refractivity contribution in [1.29, 1.82) is 0 Å². The van der Waals surface area contributed by atoms with Crippen LogP contribution in [0.1, 0.15) is 48.8 Å². The quantitative estimate of drug-likeness (QED) is 0.775. The fourth-order valence-corrected chi connectivity index (χ4v) is 3.96. The zero-order valence-corrected chi connectivity index (χ0v) is 16.8. The van der Waals surface area contributed by atoms with Gasteiger partial charge in [-0.1, -0.05) is 32.9 Å². The summed E-state index contributed by atoms with van der Waals surface area (Å²) < 4.78 is 0. The molecule has 1 unspecified atom stereocenters. The second kappa shape index (κ2) is 7.72. The first-order chi connectivity index (χ1) is 12.8. The third kappa shape index (κ3) is 4.50. The number of hydrogen-bond acceptors (Lipinski definition) is 4. The minimum Gasteiger partial charge on any atom is -0.506 e. The molecule has 1 saturated heterocycles. The first kappa shape index (κ1) is 19.4. The Morgan fingerprint density at radius 3 is 2.70 bits per heavy atom. The van der Waals surface area contributed by atoms with Crippen LogP contribution >= 0.6 is 11.3 Å². The van der Waals surface area contributed by atoms with E-state index >= 15 is 0 Å². The highest BCUT2D eigenvalue weighted by atomic mass is 32.1. The molecule has 3 rings (SSSR count). The normalized spacial score (nSPS) is 17.6. The van der Waals surface area contributed by atoms with Crippen LogP contribution in [0.3, 0.4) is 0 Å². The number of benzene rings is 1. The molecule has 1 aliphatic heterocycles. The first-order valence-corrected chi connectivity index (χ1v) is 10.1. The molecule has 0 bridgehead atoms. The van der Waals surface area contributed by atoms with Crippen molar-refractivity contribution in [1.82, 2.24) is 4.90 Å². The molecule has 2 aromatic rings. The maximum absolute atomic E-state index is 12.8. The Kier molecular flexibility index (Phi) is 5.56. The lowest BCUT2D eigenvalue weighted by Gasteiger charge is -2.32. The van der Waals surface area contributed by atoms with Crippen molar-refractivity contribution < 1.29 is 14.7 Å². The Morgan fingerprint density at radius 1 is 1.26 bits per heavy atom. The van der Waals surface area contributed by atoms with Crippen LogP contribution < -0.4 is 5.32 Å². The second-order valence-corrected chi connectivity index (χ2v) is 8.99. The zero-order chi connectivity index (χ0) is 19.6. The van der Waals surface area contributed by atoms with Crippen LogP contribution in [0.25, 0.3) is 0 Å². The van der Waals surface area contributed by atoms with Gasteiger partial charge in [0, 0.05) is 13.1 Å². The fraction of sp³-hybridized carbons (Fsp3) is 0.429. The van der Waals surface area contributed by atoms with Gasteiger partial charge in [-0.2, -0.15) is 0 Å². The molecule has 0 spiro atoms. The van der Waals surface area contributed by atoms with Crippen LogP contribution in [0, 0.1) is 5.92 Å². The summed E-state index contributed by atoms with van der Waals surface area (Å²) >= 11 is 1.42. The van der Waals surface area contributed by atoms with Crippen LogP contribution in [0.15, 0.2) is 35.7 Å². The monoisotopic (exact) mass is 386 g/mol. The number of thiophene rings is 1. The molecule has 1 aliphatic rings. The summed E-state index contributed by atoms with van der Waals surface area (Å²) in [5.41, 5.74) is 1.38. The summed E-state index contributed by atoms with van der Waals surface area (Å²) in [5, 5.41) is 14.9. The van der Waals surface area contributed by atoms with E-state index < -0.39 is 0 Å². The van der Waals surface area contributed by atoms with Crippen molar-refractivity contribution >= 4 is 28.8 Å². The van der Waals surface area contributed by atoms with Crippen molar-refractivity contribution in [3.8, 4) is 5.75 Å². The van der Waals surface area contributed by atoms with Crippen LogP contribution in [0.2, 0.25) is 0 Å². The van der Waals surface area contributed by atoms with Gasteiger partial charge in [0.2, 0.25) is 5.91 Å². The van der Waals surface area contributed by atoms with E-state index in [2.05, 4.69) is 26.1 Å². The van der Waals surface area contributed by atoms with Crippen LogP contribution in [-0.2, 0) is 10.2 Å². The standard InChI is InChI=1S/C21H26N2O3S/c1-21(2,3)15-8-9-17(24)16(12-15)22-19(25)14-6-4-10-23(13-14)20(26)18-7-5-11-27-18/h5,7-9,11-12,14,24H,4,6,10,13H2,1-3H3,(H,22,25). The summed E-state index contributed by atoms with van der Waals surface area (Å²) in [6, 6.07) is 8.98. The van der Waals surface area contributed by atoms with Crippen molar-refractivity contribution in [3.05, 3.63) is 46.2 Å². The molecule has 2 amide bonds. The van der Waals surface area contributed by atoms with Gasteiger partial charge in [0.05, 0.1) is 16.5 Å². The molecule has 0 radical (unpaired) electrons. The van der Waals surface area contributed by atoms with Gasteiger partial charge < -0.3 is 15.3 Å². The highest BCUT2D eigenvalue weighted by Gasteiger charge is 2.30. The number of amides is 2. The van der Waals surface area contributed by atoms with Crippen molar-refractivity contribution in [2.45, 2.75) is 39.0 Å². The van der Waals surface area contributed by atoms with Gasteiger partial charge >= 0.3 is 0 Å². The Morgan fingerprint density at radius 2 is 2.04 bits per heavy atom. The first-order valence-electron chi connectivity index (χ1n) is 9.23. The van der Waals surface area contributed by atoms with E-state index in [1.807, 2.05) is 29.6 Å². The number of phenols is 1. The third-order valence-electron chi connectivity index (χ3n) is 4.93. The van der Waals surface area contributed by atoms with Crippen molar-refractivity contribution in [3.63, 3.8) is 0 Å². The average molecular weight is 387 g/mol. The predicted octanol–water partition coefficient (Wildman–Crippen LogP) is 4.24. The van der Waals surface area contributed by atoms with E-state index in [9.17, 15) is 14.7 Å². The Bertz CT molecular complexity index is 824. The maximum Gasteiger partial charge on any atom is 0.263 e. The molecule has 6 heteroatoms. The van der Waals surface area contributed by atoms with Gasteiger partial charge in [-0.25, -0.2) is 0 Å². The third-order valence-corrected chi connectivity index (χ3v) is 5.79. The maximum atomic E-state index is 12.8. The Balaban J connectivity index is 1.70. The van der Waals surface area contributed by atoms with Gasteiger partial charge in [-0.05, 0) is 47.4 Å². The van der Waals surface area contributed by atoms with Crippen LogP contribution in [-0.4, -0.2) is 34.9 Å². The van der Waals surface area contributed by atoms with E-state index in [4.69, 9.17) is 0 Å². The van der Waals surface area contributed by atoms with E-state index in [1.165, 1.54) is 11.3 Å². The number of nitrogens with one attached hydrogen (secondary N) is 1. The highest BCUT2D eigenvalue weighted by molar-refractivity contribution is 7.12. The molecule has 0 saturated carbocycles. The summed E-state index contributed by atoms with van der Waals surface area (Å²) in [7, 11) is 0. The largest absolute Gasteiger partial charge is 0.506 e. The molecule has 1 aromatic heterocycles. The molecule has 1 aromatic carbocycles. The van der Waals surface area contributed by atoms with Gasteiger partial charge in [-0.3, -0.25) is 9.59 Å². The number of carbonyl (C=O) groups is 2. The minimum atomic E-state index is -0.277. The number of likely N-dealkylation sites (tertiary alicyclic amines) is 1. The smallest absolute Gasteiger partial charge is 0.263 e. The minimum absolute atomic E-state index is 0.0138. The predicted molar refractivity (Wildman–Crippen MR) is 108 cm³/mol. The lowest BCUT2D eigenvalue weighted by molar-refractivity contribution is -0.121. The van der Waals surface area contributed by atoms with E-state index in [1.54, 1.807) is 11.0 Å². The molecule has 2 N–H and O–H groups in total. The van der Waals surface area contributed by atoms with Crippen molar-refractivity contribution in [2.24, 2.45) is 5.92 Å². The number of anilines is 1. The van der Waals surface area contributed by atoms with Crippen LogP contribution in [0.4, 0.5) is 5.69 Å². The van der Waals surface area contributed by atoms with Gasteiger partial charge in [-0.15, -0.1) is 11.3 Å². The average Bonchev–Trinajstić information content (AvgIpc) is 3.16. The number of nitrogens with zero attached hydrogens (tertiary/aromatic N) is 1.